The third-order valence-corrected chi connectivity index (χ3v) is 5.41. The third kappa shape index (κ3) is 3.75. The molecule has 0 fully saturated rings. The molecule has 1 unspecified atom stereocenters. The van der Waals surface area contributed by atoms with E-state index in [0.717, 1.165) is 16.0 Å². The second-order valence-corrected chi connectivity index (χ2v) is 7.51. The zero-order valence-corrected chi connectivity index (χ0v) is 15.2. The van der Waals surface area contributed by atoms with Gasteiger partial charge in [-0.3, -0.25) is 13.8 Å². The summed E-state index contributed by atoms with van der Waals surface area (Å²) in [4.78, 5) is 26.8. The lowest BCUT2D eigenvalue weighted by atomic mass is 10.2. The van der Waals surface area contributed by atoms with Crippen molar-refractivity contribution in [1.29, 1.82) is 0 Å². The molecule has 1 aliphatic heterocycles. The van der Waals surface area contributed by atoms with Crippen LogP contribution in [0.2, 0.25) is 5.02 Å². The van der Waals surface area contributed by atoms with Crippen LogP contribution in [-0.4, -0.2) is 28.8 Å². The van der Waals surface area contributed by atoms with Crippen LogP contribution < -0.4 is 10.2 Å². The lowest BCUT2D eigenvalue weighted by Gasteiger charge is -2.17. The molecular weight excluding hydrogens is 360 g/mol. The summed E-state index contributed by atoms with van der Waals surface area (Å²) in [5.74, 6) is -1.25. The lowest BCUT2D eigenvalue weighted by Crippen LogP contribution is -2.42. The maximum absolute atomic E-state index is 12.4. The molecule has 2 amide bonds. The molecule has 2 aromatic rings. The molecule has 0 aromatic heterocycles. The molecule has 1 heterocycles. The fourth-order valence-corrected chi connectivity index (χ4v) is 3.57. The van der Waals surface area contributed by atoms with Crippen LogP contribution in [0.25, 0.3) is 0 Å². The fraction of sp³-hybridized carbons (Fsp3) is 0.222. The Balaban J connectivity index is 1.63. The number of amides is 2. The summed E-state index contributed by atoms with van der Waals surface area (Å²) in [6.45, 7) is 0.680. The van der Waals surface area contributed by atoms with Crippen LogP contribution in [0.3, 0.4) is 0 Å². The highest BCUT2D eigenvalue weighted by Gasteiger charge is 2.30. The number of nitrogens with one attached hydrogen (secondary N) is 1. The molecule has 1 N–H and O–H groups in total. The largest absolute Gasteiger partial charge is 0.344 e. The molecule has 1 atom stereocenters. The molecule has 130 valence electrons. The highest BCUT2D eigenvalue weighted by Crippen LogP contribution is 2.33. The van der Waals surface area contributed by atoms with Gasteiger partial charge in [-0.1, -0.05) is 29.8 Å². The van der Waals surface area contributed by atoms with Crippen molar-refractivity contribution in [1.82, 2.24) is 5.32 Å². The summed E-state index contributed by atoms with van der Waals surface area (Å²) >= 11 is 6.14. The Kier molecular flexibility index (Phi) is 5.20. The van der Waals surface area contributed by atoms with Gasteiger partial charge in [0.05, 0.1) is 0 Å². The van der Waals surface area contributed by atoms with Crippen LogP contribution in [-0.2, 0) is 33.4 Å². The van der Waals surface area contributed by atoms with Crippen molar-refractivity contribution in [3.05, 3.63) is 58.6 Å². The quantitative estimate of drug-likeness (QED) is 0.836. The van der Waals surface area contributed by atoms with E-state index in [2.05, 4.69) is 5.32 Å². The molecule has 0 radical (unpaired) electrons. The van der Waals surface area contributed by atoms with Crippen molar-refractivity contribution in [2.45, 2.75) is 17.9 Å². The minimum Gasteiger partial charge on any atom is -0.344 e. The summed E-state index contributed by atoms with van der Waals surface area (Å²) < 4.78 is 11.4. The first kappa shape index (κ1) is 17.6. The third-order valence-electron chi connectivity index (χ3n) is 4.12. The zero-order chi connectivity index (χ0) is 18.0. The second kappa shape index (κ2) is 7.37. The maximum Gasteiger partial charge on any atom is 0.316 e. The van der Waals surface area contributed by atoms with Gasteiger partial charge < -0.3 is 10.2 Å². The number of nitrogens with zero attached hydrogens (tertiary/aromatic N) is 1. The number of fused-ring (bicyclic) bond motifs is 1. The van der Waals surface area contributed by atoms with Gasteiger partial charge in [0, 0.05) is 45.8 Å². The van der Waals surface area contributed by atoms with Gasteiger partial charge in [0.15, 0.2) is 0 Å². The van der Waals surface area contributed by atoms with Crippen LogP contribution in [0.15, 0.2) is 47.4 Å². The molecule has 3 rings (SSSR count). The molecule has 1 aliphatic rings. The normalized spacial score (nSPS) is 14.1. The van der Waals surface area contributed by atoms with Crippen LogP contribution >= 0.6 is 11.6 Å². The van der Waals surface area contributed by atoms with E-state index in [9.17, 15) is 13.8 Å². The average molecular weight is 377 g/mol. The van der Waals surface area contributed by atoms with E-state index in [4.69, 9.17) is 11.6 Å². The highest BCUT2D eigenvalue weighted by atomic mass is 35.5. The van der Waals surface area contributed by atoms with Gasteiger partial charge in [0.2, 0.25) is 0 Å². The number of hydrogen-bond acceptors (Lipinski definition) is 3. The van der Waals surface area contributed by atoms with Crippen LogP contribution in [0, 0.1) is 0 Å². The molecule has 2 aromatic carbocycles. The molecule has 7 heteroatoms. The van der Waals surface area contributed by atoms with Gasteiger partial charge in [-0.05, 0) is 41.8 Å². The SMILES string of the molecule is CS(=O)c1ccc(CNC(=O)C(=O)N2CCc3c(Cl)cccc32)cc1. The van der Waals surface area contributed by atoms with Crippen molar-refractivity contribution in [3.63, 3.8) is 0 Å². The maximum atomic E-state index is 12.4. The second-order valence-electron chi connectivity index (χ2n) is 5.73. The number of carbonyl (C=O) groups excluding carboxylic acids is 2. The molecule has 0 saturated heterocycles. The summed E-state index contributed by atoms with van der Waals surface area (Å²) in [5, 5.41) is 3.24. The number of halogens is 1. The van der Waals surface area contributed by atoms with Crippen molar-refractivity contribution in [3.8, 4) is 0 Å². The Hall–Kier alpha value is -2.18. The summed E-state index contributed by atoms with van der Waals surface area (Å²) in [6, 6.07) is 12.4. The predicted octanol–water partition coefficient (Wildman–Crippen LogP) is 2.28. The van der Waals surface area contributed by atoms with Crippen LogP contribution in [0.4, 0.5) is 5.69 Å². The number of rotatable bonds is 3. The van der Waals surface area contributed by atoms with Crippen LogP contribution in [0.1, 0.15) is 11.1 Å². The van der Waals surface area contributed by atoms with Gasteiger partial charge in [-0.2, -0.15) is 0 Å². The van der Waals surface area contributed by atoms with E-state index in [1.165, 1.54) is 4.90 Å². The fourth-order valence-electron chi connectivity index (χ4n) is 2.78. The van der Waals surface area contributed by atoms with E-state index in [1.807, 2.05) is 0 Å². The standard InChI is InChI=1S/C18H17ClN2O3S/c1-25(24)13-7-5-12(6-8-13)11-20-17(22)18(23)21-10-9-14-15(19)3-2-4-16(14)21/h2-8H,9-11H2,1H3,(H,20,22). The number of carbonyl (C=O) groups is 2. The van der Waals surface area contributed by atoms with Crippen molar-refractivity contribution < 1.29 is 13.8 Å². The average Bonchev–Trinajstić information content (AvgIpc) is 3.04. The molecule has 5 nitrogen and oxygen atoms in total. The topological polar surface area (TPSA) is 66.5 Å². The smallest absolute Gasteiger partial charge is 0.316 e. The van der Waals surface area contributed by atoms with E-state index >= 15 is 0 Å². The van der Waals surface area contributed by atoms with Crippen LogP contribution in [0.5, 0.6) is 0 Å². The Bertz CT molecular complexity index is 852. The van der Waals surface area contributed by atoms with E-state index in [-0.39, 0.29) is 6.54 Å². The number of benzene rings is 2. The lowest BCUT2D eigenvalue weighted by molar-refractivity contribution is -0.137. The van der Waals surface area contributed by atoms with Crippen molar-refractivity contribution in [2.24, 2.45) is 0 Å². The number of hydrogen-bond donors (Lipinski definition) is 1. The summed E-state index contributed by atoms with van der Waals surface area (Å²) in [5.41, 5.74) is 2.43. The molecule has 0 saturated carbocycles. The van der Waals surface area contributed by atoms with Gasteiger partial charge in [0.25, 0.3) is 0 Å². The molecule has 25 heavy (non-hydrogen) atoms. The van der Waals surface area contributed by atoms with Gasteiger partial charge >= 0.3 is 11.8 Å². The van der Waals surface area contributed by atoms with E-state index < -0.39 is 22.6 Å². The first-order valence-corrected chi connectivity index (χ1v) is 9.70. The molecule has 0 bridgehead atoms. The first-order valence-electron chi connectivity index (χ1n) is 7.77. The monoisotopic (exact) mass is 376 g/mol. The minimum absolute atomic E-state index is 0.234. The zero-order valence-electron chi connectivity index (χ0n) is 13.6. The van der Waals surface area contributed by atoms with Crippen molar-refractivity contribution in [2.75, 3.05) is 17.7 Å². The Morgan fingerprint density at radius 1 is 1.20 bits per heavy atom. The molecule has 0 spiro atoms. The highest BCUT2D eigenvalue weighted by molar-refractivity contribution is 7.84. The summed E-state index contributed by atoms with van der Waals surface area (Å²) in [6.07, 6.45) is 2.25. The minimum atomic E-state index is -1.04. The first-order chi connectivity index (χ1) is 12.0. The molecule has 0 aliphatic carbocycles. The Morgan fingerprint density at radius 2 is 1.92 bits per heavy atom. The predicted molar refractivity (Wildman–Crippen MR) is 98.1 cm³/mol. The van der Waals surface area contributed by atoms with E-state index in [1.54, 1.807) is 48.7 Å². The molecular formula is C18H17ClN2O3S. The number of anilines is 1. The Labute approximate surface area is 153 Å². The van der Waals surface area contributed by atoms with Gasteiger partial charge in [-0.15, -0.1) is 0 Å². The van der Waals surface area contributed by atoms with E-state index in [0.29, 0.717) is 23.7 Å². The van der Waals surface area contributed by atoms with Gasteiger partial charge in [-0.25, -0.2) is 0 Å². The summed E-state index contributed by atoms with van der Waals surface area (Å²) in [7, 11) is -1.04. The Morgan fingerprint density at radius 3 is 2.60 bits per heavy atom. The van der Waals surface area contributed by atoms with Gasteiger partial charge in [0.1, 0.15) is 0 Å². The van der Waals surface area contributed by atoms with Crippen molar-refractivity contribution >= 4 is 39.9 Å².